The highest BCUT2D eigenvalue weighted by Crippen LogP contribution is 2.48. The van der Waals surface area contributed by atoms with Crippen molar-refractivity contribution < 1.29 is 9.84 Å². The van der Waals surface area contributed by atoms with Gasteiger partial charge >= 0.3 is 0 Å². The number of nitrogens with two attached hydrogens (primary N) is 1. The Hall–Kier alpha value is -0.480. The van der Waals surface area contributed by atoms with E-state index in [1.54, 1.807) is 0 Å². The monoisotopic (exact) mass is 331 g/mol. The molecule has 1 aliphatic carbocycles. The van der Waals surface area contributed by atoms with E-state index in [4.69, 9.17) is 22.1 Å². The Bertz CT molecular complexity index is 542. The Kier molecular flexibility index (Phi) is 4.79. The highest BCUT2D eigenvalue weighted by atomic mass is 35.5. The first-order valence-electron chi connectivity index (χ1n) is 7.38. The van der Waals surface area contributed by atoms with Gasteiger partial charge in [0.05, 0.1) is 6.04 Å². The molecule has 21 heavy (non-hydrogen) atoms. The Morgan fingerprint density at radius 2 is 1.90 bits per heavy atom. The predicted molar refractivity (Wildman–Crippen MR) is 87.6 cm³/mol. The molecule has 1 aliphatic heterocycles. The summed E-state index contributed by atoms with van der Waals surface area (Å²) in [5, 5.41) is 11.4. The van der Waals surface area contributed by atoms with Crippen molar-refractivity contribution in [3.63, 3.8) is 0 Å². The zero-order valence-corrected chi connectivity index (χ0v) is 14.1. The molecule has 118 valence electrons. The quantitative estimate of drug-likeness (QED) is 0.759. The van der Waals surface area contributed by atoms with Crippen LogP contribution in [0.25, 0.3) is 0 Å². The lowest BCUT2D eigenvalue weighted by molar-refractivity contribution is -0.0584. The Morgan fingerprint density at radius 3 is 2.52 bits per heavy atom. The van der Waals surface area contributed by atoms with E-state index in [1.165, 1.54) is 6.42 Å². The van der Waals surface area contributed by atoms with Crippen LogP contribution in [0.15, 0.2) is 6.07 Å². The number of aliphatic hydroxyl groups excluding tert-OH is 1. The summed E-state index contributed by atoms with van der Waals surface area (Å²) in [4.78, 5) is 0. The second-order valence-corrected chi connectivity index (χ2v) is 6.62. The number of ether oxygens (including phenoxy) is 1. The molecule has 1 saturated carbocycles. The number of halogens is 2. The van der Waals surface area contributed by atoms with Crippen LogP contribution < -0.4 is 10.5 Å². The van der Waals surface area contributed by atoms with E-state index in [9.17, 15) is 5.11 Å². The maximum absolute atomic E-state index is 10.7. The number of hydrogen-bond acceptors (Lipinski definition) is 3. The minimum Gasteiger partial charge on any atom is -0.485 e. The summed E-state index contributed by atoms with van der Waals surface area (Å²) in [5.41, 5.74) is 8.57. The minimum atomic E-state index is -0.699. The fraction of sp³-hybridized carbons (Fsp3) is 0.625. The largest absolute Gasteiger partial charge is 0.485 e. The molecular weight excluding hydrogens is 309 g/mol. The van der Waals surface area contributed by atoms with Gasteiger partial charge in [0.1, 0.15) is 17.5 Å². The van der Waals surface area contributed by atoms with Crippen LogP contribution in [0.3, 0.4) is 0 Å². The molecular formula is C16H23Cl2NO2. The van der Waals surface area contributed by atoms with Crippen LogP contribution in [-0.4, -0.2) is 16.7 Å². The van der Waals surface area contributed by atoms with Crippen molar-refractivity contribution >= 4 is 24.0 Å². The average molecular weight is 332 g/mol. The van der Waals surface area contributed by atoms with Crippen LogP contribution in [0, 0.1) is 13.8 Å². The maximum Gasteiger partial charge on any atom is 0.127 e. The fourth-order valence-electron chi connectivity index (χ4n) is 3.73. The lowest BCUT2D eigenvalue weighted by atomic mass is 9.74. The van der Waals surface area contributed by atoms with E-state index in [2.05, 4.69) is 0 Å². The van der Waals surface area contributed by atoms with Crippen LogP contribution in [0.2, 0.25) is 5.02 Å². The van der Waals surface area contributed by atoms with Crippen molar-refractivity contribution in [2.75, 3.05) is 0 Å². The maximum atomic E-state index is 10.7. The molecule has 0 radical (unpaired) electrons. The molecule has 1 aromatic carbocycles. The lowest BCUT2D eigenvalue weighted by Gasteiger charge is -2.48. The first-order chi connectivity index (χ1) is 9.46. The molecule has 1 aromatic rings. The van der Waals surface area contributed by atoms with Crippen LogP contribution in [0.1, 0.15) is 54.9 Å². The van der Waals surface area contributed by atoms with Gasteiger partial charge in [0.15, 0.2) is 0 Å². The molecule has 1 spiro atoms. The van der Waals surface area contributed by atoms with Crippen LogP contribution in [-0.2, 0) is 0 Å². The molecule has 0 saturated heterocycles. The van der Waals surface area contributed by atoms with Crippen molar-refractivity contribution in [3.8, 4) is 5.75 Å². The van der Waals surface area contributed by atoms with Crippen molar-refractivity contribution in [2.24, 2.45) is 5.73 Å². The third-order valence-electron chi connectivity index (χ3n) is 4.95. The van der Waals surface area contributed by atoms with Crippen molar-refractivity contribution in [2.45, 2.75) is 63.7 Å². The zero-order valence-electron chi connectivity index (χ0n) is 12.5. The molecule has 1 fully saturated rings. The lowest BCUT2D eigenvalue weighted by Crippen LogP contribution is -2.58. The first-order valence-corrected chi connectivity index (χ1v) is 7.76. The third kappa shape index (κ3) is 2.55. The first kappa shape index (κ1) is 16.9. The molecule has 5 heteroatoms. The van der Waals surface area contributed by atoms with Gasteiger partial charge in [0, 0.05) is 10.6 Å². The summed E-state index contributed by atoms with van der Waals surface area (Å²) in [6, 6.07) is 1.56. The van der Waals surface area contributed by atoms with E-state index < -0.39 is 11.7 Å². The second kappa shape index (κ2) is 5.96. The van der Waals surface area contributed by atoms with Gasteiger partial charge in [0.2, 0.25) is 0 Å². The predicted octanol–water partition coefficient (Wildman–Crippen LogP) is 3.83. The topological polar surface area (TPSA) is 55.5 Å². The molecule has 1 heterocycles. The molecule has 2 atom stereocenters. The average Bonchev–Trinajstić information content (AvgIpc) is 2.43. The highest BCUT2D eigenvalue weighted by Gasteiger charge is 2.48. The molecule has 3 nitrogen and oxygen atoms in total. The summed E-state index contributed by atoms with van der Waals surface area (Å²) < 4.78 is 6.32. The molecule has 2 unspecified atom stereocenters. The van der Waals surface area contributed by atoms with Crippen LogP contribution in [0.5, 0.6) is 5.75 Å². The van der Waals surface area contributed by atoms with E-state index >= 15 is 0 Å². The van der Waals surface area contributed by atoms with Crippen molar-refractivity contribution in [3.05, 3.63) is 27.8 Å². The summed E-state index contributed by atoms with van der Waals surface area (Å²) in [6.45, 7) is 3.89. The van der Waals surface area contributed by atoms with Crippen molar-refractivity contribution in [1.29, 1.82) is 0 Å². The summed E-state index contributed by atoms with van der Waals surface area (Å²) in [7, 11) is 0. The minimum absolute atomic E-state index is 0. The third-order valence-corrected chi connectivity index (χ3v) is 5.53. The Balaban J connectivity index is 0.00000161. The van der Waals surface area contributed by atoms with E-state index in [0.29, 0.717) is 5.02 Å². The van der Waals surface area contributed by atoms with Gasteiger partial charge < -0.3 is 15.6 Å². The molecule has 0 amide bonds. The number of rotatable bonds is 0. The summed E-state index contributed by atoms with van der Waals surface area (Å²) in [5.74, 6) is 0.764. The van der Waals surface area contributed by atoms with Gasteiger partial charge in [-0.25, -0.2) is 0 Å². The molecule has 0 aromatic heterocycles. The number of hydrogen-bond donors (Lipinski definition) is 2. The molecule has 2 aliphatic rings. The SMILES string of the molecule is Cc1cc2c(c(C)c1Cl)C(O)C(N)C1(CCCCC1)O2.Cl. The Morgan fingerprint density at radius 1 is 1.29 bits per heavy atom. The van der Waals surface area contributed by atoms with Gasteiger partial charge in [-0.05, 0) is 56.7 Å². The van der Waals surface area contributed by atoms with Crippen molar-refractivity contribution in [1.82, 2.24) is 0 Å². The van der Waals surface area contributed by atoms with Crippen LogP contribution >= 0.6 is 24.0 Å². The van der Waals surface area contributed by atoms with Crippen LogP contribution in [0.4, 0.5) is 0 Å². The molecule has 0 bridgehead atoms. The summed E-state index contributed by atoms with van der Waals surface area (Å²) >= 11 is 6.30. The standard InChI is InChI=1S/C16H22ClNO2.ClH/c1-9-8-11-12(10(2)13(9)17)14(19)15(18)16(20-11)6-4-3-5-7-16;/h8,14-15,19H,3-7,18H2,1-2H3;1H. The van der Waals surface area contributed by atoms with E-state index in [0.717, 1.165) is 48.1 Å². The fourth-order valence-corrected chi connectivity index (χ4v) is 3.88. The number of benzene rings is 1. The molecule has 3 N–H and O–H groups in total. The number of aryl methyl sites for hydroxylation is 1. The zero-order chi connectivity index (χ0) is 14.5. The number of aliphatic hydroxyl groups is 1. The van der Waals surface area contributed by atoms with E-state index in [1.807, 2.05) is 19.9 Å². The Labute approximate surface area is 137 Å². The second-order valence-electron chi connectivity index (χ2n) is 6.24. The smallest absolute Gasteiger partial charge is 0.127 e. The van der Waals surface area contributed by atoms with Gasteiger partial charge in [-0.3, -0.25) is 0 Å². The molecule has 3 rings (SSSR count). The summed E-state index contributed by atoms with van der Waals surface area (Å²) in [6.07, 6.45) is 4.59. The number of fused-ring (bicyclic) bond motifs is 1. The van der Waals surface area contributed by atoms with Gasteiger partial charge in [-0.15, -0.1) is 12.4 Å². The van der Waals surface area contributed by atoms with Gasteiger partial charge in [-0.1, -0.05) is 18.0 Å². The van der Waals surface area contributed by atoms with Gasteiger partial charge in [0.25, 0.3) is 0 Å². The van der Waals surface area contributed by atoms with E-state index in [-0.39, 0.29) is 18.4 Å². The normalized spacial score (nSPS) is 26.7. The van der Waals surface area contributed by atoms with Gasteiger partial charge in [-0.2, -0.15) is 0 Å². The highest BCUT2D eigenvalue weighted by molar-refractivity contribution is 6.32.